The number of benzene rings is 1. The summed E-state index contributed by atoms with van der Waals surface area (Å²) in [4.78, 5) is 31.1. The van der Waals surface area contributed by atoms with Crippen molar-refractivity contribution in [3.05, 3.63) is 63.5 Å². The maximum absolute atomic E-state index is 13.1. The summed E-state index contributed by atoms with van der Waals surface area (Å²) in [6.45, 7) is 1.26. The first-order chi connectivity index (χ1) is 15.5. The van der Waals surface area contributed by atoms with E-state index in [0.717, 1.165) is 0 Å². The van der Waals surface area contributed by atoms with Gasteiger partial charge < -0.3 is 24.7 Å². The number of halogens is 2. The van der Waals surface area contributed by atoms with Crippen LogP contribution < -0.4 is 10.6 Å². The normalized spacial score (nSPS) is 10.7. The van der Waals surface area contributed by atoms with Crippen LogP contribution in [-0.4, -0.2) is 48.5 Å². The average Bonchev–Trinajstić information content (AvgIpc) is 3.46. The molecule has 0 aliphatic rings. The predicted molar refractivity (Wildman–Crippen MR) is 125 cm³/mol. The molecular formula is C21H22Cl2N4O4S. The number of ether oxygens (including phenoxy) is 1. The lowest BCUT2D eigenvalue weighted by Crippen LogP contribution is -2.35. The third-order valence-corrected chi connectivity index (χ3v) is 5.94. The molecule has 0 radical (unpaired) electrons. The van der Waals surface area contributed by atoms with Crippen molar-refractivity contribution in [2.75, 3.05) is 32.1 Å². The van der Waals surface area contributed by atoms with Crippen molar-refractivity contribution in [2.45, 2.75) is 13.0 Å². The van der Waals surface area contributed by atoms with E-state index in [9.17, 15) is 9.59 Å². The molecule has 0 saturated carbocycles. The molecule has 2 amide bonds. The van der Waals surface area contributed by atoms with E-state index in [1.54, 1.807) is 42.8 Å². The van der Waals surface area contributed by atoms with E-state index >= 15 is 0 Å². The summed E-state index contributed by atoms with van der Waals surface area (Å²) < 4.78 is 10.3. The van der Waals surface area contributed by atoms with Gasteiger partial charge in [0.2, 0.25) is 5.91 Å². The second-order valence-electron chi connectivity index (χ2n) is 6.66. The Morgan fingerprint density at radius 3 is 2.84 bits per heavy atom. The first-order valence-electron chi connectivity index (χ1n) is 9.71. The second-order valence-corrected chi connectivity index (χ2v) is 8.31. The number of amides is 2. The summed E-state index contributed by atoms with van der Waals surface area (Å²) in [5, 5.41) is 8.75. The Kier molecular flexibility index (Phi) is 8.92. The van der Waals surface area contributed by atoms with Crippen LogP contribution in [0.15, 0.2) is 46.4 Å². The Balaban J connectivity index is 1.68. The number of nitrogens with zero attached hydrogens (tertiary/aromatic N) is 2. The summed E-state index contributed by atoms with van der Waals surface area (Å²) in [6.07, 6.45) is 1.68. The number of aromatic nitrogens is 1. The number of hydrogen-bond acceptors (Lipinski definition) is 7. The maximum Gasteiger partial charge on any atom is 0.273 e. The zero-order valence-electron chi connectivity index (χ0n) is 17.3. The van der Waals surface area contributed by atoms with Crippen LogP contribution in [-0.2, 0) is 16.1 Å². The highest BCUT2D eigenvalue weighted by Crippen LogP contribution is 2.32. The first kappa shape index (κ1) is 24.1. The lowest BCUT2D eigenvalue weighted by molar-refractivity contribution is -0.121. The average molecular weight is 497 g/mol. The van der Waals surface area contributed by atoms with Crippen molar-refractivity contribution in [1.29, 1.82) is 0 Å². The first-order valence-corrected chi connectivity index (χ1v) is 11.4. The number of hydrogen-bond donors (Lipinski definition) is 2. The molecule has 0 atom stereocenters. The molecule has 0 spiro atoms. The van der Waals surface area contributed by atoms with Crippen LogP contribution in [0.3, 0.4) is 0 Å². The molecule has 170 valence electrons. The zero-order valence-corrected chi connectivity index (χ0v) is 19.6. The van der Waals surface area contributed by atoms with Gasteiger partial charge in [0.1, 0.15) is 11.5 Å². The smallest absolute Gasteiger partial charge is 0.273 e. The molecule has 11 heteroatoms. The highest BCUT2D eigenvalue weighted by Gasteiger charge is 2.21. The maximum atomic E-state index is 13.1. The number of carbonyl (C=O) groups is 2. The number of rotatable bonds is 11. The second kappa shape index (κ2) is 11.9. The summed E-state index contributed by atoms with van der Waals surface area (Å²) in [5.74, 6) is 0.125. The molecule has 3 aromatic rings. The number of carbonyl (C=O) groups excluding carboxylic acids is 2. The summed E-state index contributed by atoms with van der Waals surface area (Å²) in [7, 11) is 1.56. The minimum atomic E-state index is -0.312. The van der Waals surface area contributed by atoms with Gasteiger partial charge in [-0.3, -0.25) is 9.59 Å². The van der Waals surface area contributed by atoms with Crippen LogP contribution in [0.1, 0.15) is 22.7 Å². The van der Waals surface area contributed by atoms with Gasteiger partial charge in [-0.25, -0.2) is 4.98 Å². The number of methoxy groups -OCH3 is 1. The molecule has 8 nitrogen and oxygen atoms in total. The minimum Gasteiger partial charge on any atom is -0.467 e. The van der Waals surface area contributed by atoms with Crippen LogP contribution in [0.4, 0.5) is 10.8 Å². The molecule has 3 rings (SSSR count). The third-order valence-electron chi connectivity index (χ3n) is 4.37. The Morgan fingerprint density at radius 1 is 1.25 bits per heavy atom. The number of nitrogens with one attached hydrogen (secondary N) is 2. The van der Waals surface area contributed by atoms with Crippen molar-refractivity contribution in [3.63, 3.8) is 0 Å². The quantitative estimate of drug-likeness (QED) is 0.377. The largest absolute Gasteiger partial charge is 0.467 e. The fourth-order valence-corrected chi connectivity index (χ4v) is 3.81. The highest BCUT2D eigenvalue weighted by molar-refractivity contribution is 7.14. The third kappa shape index (κ3) is 6.70. The predicted octanol–water partition coefficient (Wildman–Crippen LogP) is 4.58. The molecule has 2 aromatic heterocycles. The zero-order chi connectivity index (χ0) is 22.9. The topological polar surface area (TPSA) is 96.7 Å². The lowest BCUT2D eigenvalue weighted by Gasteiger charge is -2.20. The van der Waals surface area contributed by atoms with E-state index in [1.807, 2.05) is 0 Å². The molecule has 2 heterocycles. The number of thiazole rings is 1. The molecule has 0 unspecified atom stereocenters. The SMILES string of the molecule is COCCNC(=O)CCN(Cc1ccco1)C(=O)c1csc(Nc2cccc(Cl)c2Cl)n1. The van der Waals surface area contributed by atoms with Gasteiger partial charge in [-0.15, -0.1) is 11.3 Å². The van der Waals surface area contributed by atoms with Gasteiger partial charge in [0.25, 0.3) is 5.91 Å². The van der Waals surface area contributed by atoms with Gasteiger partial charge in [-0.2, -0.15) is 0 Å². The number of furan rings is 1. The van der Waals surface area contributed by atoms with Crippen molar-refractivity contribution in [3.8, 4) is 0 Å². The molecule has 2 N–H and O–H groups in total. The van der Waals surface area contributed by atoms with Gasteiger partial charge in [0.15, 0.2) is 5.13 Å². The molecule has 0 fully saturated rings. The van der Waals surface area contributed by atoms with Gasteiger partial charge in [0, 0.05) is 32.0 Å². The Labute approximate surface area is 199 Å². The van der Waals surface area contributed by atoms with Gasteiger partial charge in [0.05, 0.1) is 35.1 Å². The monoisotopic (exact) mass is 496 g/mol. The fraction of sp³-hybridized carbons (Fsp3) is 0.286. The van der Waals surface area contributed by atoms with Crippen molar-refractivity contribution in [1.82, 2.24) is 15.2 Å². The van der Waals surface area contributed by atoms with Crippen molar-refractivity contribution >= 4 is 57.2 Å². The van der Waals surface area contributed by atoms with E-state index in [1.165, 1.54) is 22.5 Å². The summed E-state index contributed by atoms with van der Waals surface area (Å²) in [5.41, 5.74) is 0.842. The van der Waals surface area contributed by atoms with E-state index in [2.05, 4.69) is 15.6 Å². The van der Waals surface area contributed by atoms with E-state index in [0.29, 0.717) is 39.8 Å². The van der Waals surface area contributed by atoms with Crippen LogP contribution in [0, 0.1) is 0 Å². The van der Waals surface area contributed by atoms with Crippen LogP contribution in [0.25, 0.3) is 0 Å². The van der Waals surface area contributed by atoms with Crippen LogP contribution in [0.5, 0.6) is 0 Å². The minimum absolute atomic E-state index is 0.142. The van der Waals surface area contributed by atoms with Gasteiger partial charge >= 0.3 is 0 Å². The molecule has 0 saturated heterocycles. The molecule has 1 aromatic carbocycles. The molecule has 0 aliphatic heterocycles. The Hall–Kier alpha value is -2.59. The summed E-state index contributed by atoms with van der Waals surface area (Å²) >= 11 is 13.5. The van der Waals surface area contributed by atoms with Gasteiger partial charge in [-0.1, -0.05) is 29.3 Å². The fourth-order valence-electron chi connectivity index (χ4n) is 2.77. The molecule has 0 aliphatic carbocycles. The number of anilines is 2. The standard InChI is InChI=1S/C21H22Cl2N4O4S/c1-30-11-8-24-18(28)7-9-27(12-14-4-3-10-31-14)20(29)17-13-32-21(26-17)25-16-6-2-5-15(22)19(16)23/h2-6,10,13H,7-9,11-12H2,1H3,(H,24,28)(H,25,26). The van der Waals surface area contributed by atoms with Crippen molar-refractivity contribution in [2.24, 2.45) is 0 Å². The van der Waals surface area contributed by atoms with Crippen LogP contribution in [0.2, 0.25) is 10.0 Å². The molecule has 32 heavy (non-hydrogen) atoms. The van der Waals surface area contributed by atoms with Crippen molar-refractivity contribution < 1.29 is 18.7 Å². The Bertz CT molecular complexity index is 1040. The summed E-state index contributed by atoms with van der Waals surface area (Å²) in [6, 6.07) is 8.73. The Morgan fingerprint density at radius 2 is 2.09 bits per heavy atom. The van der Waals surface area contributed by atoms with E-state index < -0.39 is 0 Å². The lowest BCUT2D eigenvalue weighted by atomic mass is 10.3. The van der Waals surface area contributed by atoms with E-state index in [-0.39, 0.29) is 37.0 Å². The van der Waals surface area contributed by atoms with E-state index in [4.69, 9.17) is 32.4 Å². The molecule has 0 bridgehead atoms. The van der Waals surface area contributed by atoms with Crippen LogP contribution >= 0.6 is 34.5 Å². The van der Waals surface area contributed by atoms with Gasteiger partial charge in [-0.05, 0) is 24.3 Å². The molecular weight excluding hydrogens is 475 g/mol. The highest BCUT2D eigenvalue weighted by atomic mass is 35.5.